The SMILES string of the molecule is COC(=O)CCCOCCO[Si](C)(C)C(C)(C)C. The molecule has 0 bridgehead atoms. The number of hydrogen-bond acceptors (Lipinski definition) is 4. The van der Waals surface area contributed by atoms with Crippen molar-refractivity contribution in [2.45, 2.75) is 51.7 Å². The molecule has 4 nitrogen and oxygen atoms in total. The Kier molecular flexibility index (Phi) is 7.74. The predicted molar refractivity (Wildman–Crippen MR) is 75.2 cm³/mol. The van der Waals surface area contributed by atoms with E-state index < -0.39 is 8.32 Å². The van der Waals surface area contributed by atoms with Gasteiger partial charge in [0.05, 0.1) is 20.3 Å². The van der Waals surface area contributed by atoms with Crippen molar-refractivity contribution in [3.8, 4) is 0 Å². The monoisotopic (exact) mass is 276 g/mol. The first-order valence-corrected chi connectivity index (χ1v) is 9.40. The molecule has 5 heteroatoms. The third-order valence-corrected chi connectivity index (χ3v) is 7.93. The number of esters is 1. The molecule has 0 aliphatic carbocycles. The Balaban J connectivity index is 3.55. The van der Waals surface area contributed by atoms with Gasteiger partial charge in [-0.25, -0.2) is 0 Å². The molecule has 0 rings (SSSR count). The summed E-state index contributed by atoms with van der Waals surface area (Å²) >= 11 is 0. The summed E-state index contributed by atoms with van der Waals surface area (Å²) < 4.78 is 15.9. The number of rotatable bonds is 8. The molecule has 0 aromatic carbocycles. The Morgan fingerprint density at radius 2 is 1.72 bits per heavy atom. The van der Waals surface area contributed by atoms with Gasteiger partial charge in [-0.05, 0) is 24.6 Å². The first-order chi connectivity index (χ1) is 8.20. The third-order valence-electron chi connectivity index (χ3n) is 3.39. The molecule has 0 aromatic heterocycles. The Labute approximate surface area is 112 Å². The first-order valence-electron chi connectivity index (χ1n) is 6.49. The van der Waals surface area contributed by atoms with Crippen LogP contribution in [0.1, 0.15) is 33.6 Å². The summed E-state index contributed by atoms with van der Waals surface area (Å²) in [5.74, 6) is -0.184. The largest absolute Gasteiger partial charge is 0.469 e. The van der Waals surface area contributed by atoms with Crippen molar-refractivity contribution in [3.63, 3.8) is 0 Å². The molecule has 108 valence electrons. The van der Waals surface area contributed by atoms with Gasteiger partial charge in [-0.2, -0.15) is 0 Å². The second kappa shape index (κ2) is 7.91. The number of hydrogen-bond donors (Lipinski definition) is 0. The molecule has 0 aliphatic heterocycles. The van der Waals surface area contributed by atoms with Crippen molar-refractivity contribution in [1.29, 1.82) is 0 Å². The third kappa shape index (κ3) is 7.13. The minimum Gasteiger partial charge on any atom is -0.469 e. The summed E-state index contributed by atoms with van der Waals surface area (Å²) in [6.45, 7) is 12.9. The van der Waals surface area contributed by atoms with E-state index in [9.17, 15) is 4.79 Å². The molecule has 0 N–H and O–H groups in total. The normalized spacial score (nSPS) is 12.6. The zero-order valence-electron chi connectivity index (χ0n) is 12.7. The van der Waals surface area contributed by atoms with Crippen molar-refractivity contribution in [3.05, 3.63) is 0 Å². The van der Waals surface area contributed by atoms with Gasteiger partial charge in [0.2, 0.25) is 0 Å². The van der Waals surface area contributed by atoms with Gasteiger partial charge >= 0.3 is 5.97 Å². The second-order valence-electron chi connectivity index (χ2n) is 5.90. The molecule has 0 saturated heterocycles. The van der Waals surface area contributed by atoms with E-state index in [1.165, 1.54) is 7.11 Å². The summed E-state index contributed by atoms with van der Waals surface area (Å²) in [4.78, 5) is 10.8. The highest BCUT2D eigenvalue weighted by atomic mass is 28.4. The van der Waals surface area contributed by atoms with Crippen molar-refractivity contribution in [1.82, 2.24) is 0 Å². The van der Waals surface area contributed by atoms with Crippen LogP contribution in [0, 0.1) is 0 Å². The standard InChI is InChI=1S/C13H28O4Si/c1-13(2,3)18(5,6)17-11-10-16-9-7-8-12(14)15-4/h7-11H2,1-6H3. The second-order valence-corrected chi connectivity index (χ2v) is 10.7. The maximum Gasteiger partial charge on any atom is 0.305 e. The lowest BCUT2D eigenvalue weighted by molar-refractivity contribution is -0.141. The molecule has 0 aliphatic rings. The minimum absolute atomic E-state index is 0.184. The van der Waals surface area contributed by atoms with E-state index in [1.54, 1.807) is 0 Å². The van der Waals surface area contributed by atoms with Crippen LogP contribution in [0.5, 0.6) is 0 Å². The van der Waals surface area contributed by atoms with Crippen LogP contribution in [-0.4, -0.2) is 41.2 Å². The van der Waals surface area contributed by atoms with Crippen molar-refractivity contribution < 1.29 is 18.7 Å². The van der Waals surface area contributed by atoms with Crippen molar-refractivity contribution >= 4 is 14.3 Å². The molecule has 0 atom stereocenters. The van der Waals surface area contributed by atoms with Crippen LogP contribution in [0.4, 0.5) is 0 Å². The summed E-state index contributed by atoms with van der Waals surface area (Å²) in [5.41, 5.74) is 0. The molecule has 0 unspecified atom stereocenters. The molecule has 0 fully saturated rings. The van der Waals surface area contributed by atoms with Crippen LogP contribution in [0.2, 0.25) is 18.1 Å². The fourth-order valence-corrected chi connectivity index (χ4v) is 2.12. The van der Waals surface area contributed by atoms with E-state index >= 15 is 0 Å². The summed E-state index contributed by atoms with van der Waals surface area (Å²) in [7, 11) is -0.252. The first kappa shape index (κ1) is 17.6. The average molecular weight is 276 g/mol. The molecule has 0 amide bonds. The quantitative estimate of drug-likeness (QED) is 0.388. The molecule has 0 heterocycles. The molecule has 0 radical (unpaired) electrons. The number of carbonyl (C=O) groups is 1. The Morgan fingerprint density at radius 3 is 2.22 bits per heavy atom. The van der Waals surface area contributed by atoms with Crippen LogP contribution in [-0.2, 0) is 18.7 Å². The maximum atomic E-state index is 10.8. The maximum absolute atomic E-state index is 10.8. The van der Waals surface area contributed by atoms with Gasteiger partial charge in [-0.15, -0.1) is 0 Å². The lowest BCUT2D eigenvalue weighted by atomic mass is 10.2. The molecule has 0 saturated carbocycles. The fourth-order valence-electron chi connectivity index (χ4n) is 1.09. The predicted octanol–water partition coefficient (Wildman–Crippen LogP) is 2.98. The summed E-state index contributed by atoms with van der Waals surface area (Å²) in [5, 5.41) is 0.234. The summed E-state index contributed by atoms with van der Waals surface area (Å²) in [6.07, 6.45) is 1.12. The Morgan fingerprint density at radius 1 is 1.11 bits per heavy atom. The zero-order valence-corrected chi connectivity index (χ0v) is 13.7. The van der Waals surface area contributed by atoms with Gasteiger partial charge in [0, 0.05) is 13.0 Å². The molecule has 0 spiro atoms. The van der Waals surface area contributed by atoms with Gasteiger partial charge in [0.15, 0.2) is 8.32 Å². The van der Waals surface area contributed by atoms with Gasteiger partial charge in [-0.3, -0.25) is 4.79 Å². The Hall–Kier alpha value is -0.393. The lowest BCUT2D eigenvalue weighted by Crippen LogP contribution is -2.41. The summed E-state index contributed by atoms with van der Waals surface area (Å²) in [6, 6.07) is 0. The van der Waals surface area contributed by atoms with Crippen LogP contribution in [0.25, 0.3) is 0 Å². The van der Waals surface area contributed by atoms with Gasteiger partial charge < -0.3 is 13.9 Å². The topological polar surface area (TPSA) is 44.8 Å². The molecule has 0 aromatic rings. The van der Waals surface area contributed by atoms with E-state index in [1.807, 2.05) is 0 Å². The van der Waals surface area contributed by atoms with E-state index in [0.717, 1.165) is 0 Å². The molecular formula is C13H28O4Si. The van der Waals surface area contributed by atoms with Crippen molar-refractivity contribution in [2.75, 3.05) is 26.9 Å². The van der Waals surface area contributed by atoms with Gasteiger partial charge in [0.25, 0.3) is 0 Å². The van der Waals surface area contributed by atoms with E-state index in [0.29, 0.717) is 32.7 Å². The lowest BCUT2D eigenvalue weighted by Gasteiger charge is -2.36. The highest BCUT2D eigenvalue weighted by Gasteiger charge is 2.36. The van der Waals surface area contributed by atoms with E-state index in [2.05, 4.69) is 38.6 Å². The number of ether oxygens (including phenoxy) is 2. The zero-order chi connectivity index (χ0) is 14.2. The van der Waals surface area contributed by atoms with Crippen LogP contribution in [0.3, 0.4) is 0 Å². The van der Waals surface area contributed by atoms with E-state index in [4.69, 9.17) is 9.16 Å². The average Bonchev–Trinajstić information content (AvgIpc) is 2.25. The highest BCUT2D eigenvalue weighted by molar-refractivity contribution is 6.74. The van der Waals surface area contributed by atoms with Crippen molar-refractivity contribution in [2.24, 2.45) is 0 Å². The van der Waals surface area contributed by atoms with Gasteiger partial charge in [-0.1, -0.05) is 20.8 Å². The molecule has 18 heavy (non-hydrogen) atoms. The van der Waals surface area contributed by atoms with Gasteiger partial charge in [0.1, 0.15) is 0 Å². The number of methoxy groups -OCH3 is 1. The van der Waals surface area contributed by atoms with Crippen LogP contribution < -0.4 is 0 Å². The van der Waals surface area contributed by atoms with E-state index in [-0.39, 0.29) is 11.0 Å². The van der Waals surface area contributed by atoms with Crippen LogP contribution >= 0.6 is 0 Å². The Bertz CT molecular complexity index is 246. The minimum atomic E-state index is -1.65. The highest BCUT2D eigenvalue weighted by Crippen LogP contribution is 2.36. The van der Waals surface area contributed by atoms with Crippen LogP contribution in [0.15, 0.2) is 0 Å². The number of carbonyl (C=O) groups excluding carboxylic acids is 1. The molecular weight excluding hydrogens is 248 g/mol. The smallest absolute Gasteiger partial charge is 0.305 e. The fraction of sp³-hybridized carbons (Fsp3) is 0.923.